The van der Waals surface area contributed by atoms with Gasteiger partial charge in [0.25, 0.3) is 0 Å². The average Bonchev–Trinajstić information content (AvgIpc) is 3.41. The Morgan fingerprint density at radius 3 is 2.48 bits per heavy atom. The molecule has 2 unspecified atom stereocenters. The maximum absolute atomic E-state index is 13.8. The zero-order valence-corrected chi connectivity index (χ0v) is 20.1. The van der Waals surface area contributed by atoms with Gasteiger partial charge in [-0.3, -0.25) is 4.79 Å². The largest absolute Gasteiger partial charge is 0.447 e. The predicted molar refractivity (Wildman–Crippen MR) is 126 cm³/mol. The third-order valence-corrected chi connectivity index (χ3v) is 8.19. The van der Waals surface area contributed by atoms with Gasteiger partial charge in [0, 0.05) is 6.26 Å². The Hall–Kier alpha value is -2.38. The van der Waals surface area contributed by atoms with Gasteiger partial charge in [0.05, 0.1) is 21.9 Å². The van der Waals surface area contributed by atoms with E-state index < -0.39 is 21.8 Å². The summed E-state index contributed by atoms with van der Waals surface area (Å²) < 4.78 is 29.3. The van der Waals surface area contributed by atoms with Gasteiger partial charge in [-0.25, -0.2) is 18.1 Å². The van der Waals surface area contributed by atoms with Crippen LogP contribution in [0.15, 0.2) is 53.4 Å². The molecule has 0 N–H and O–H groups in total. The SMILES string of the molecule is CS(=O)(=O)c1ccc(C(CC2CCCC2)C(=O)N2C(=O)OCC2Cc2ccccc2)cc1Cl. The van der Waals surface area contributed by atoms with E-state index in [9.17, 15) is 18.0 Å². The van der Waals surface area contributed by atoms with Crippen molar-refractivity contribution in [2.75, 3.05) is 12.9 Å². The number of sulfone groups is 1. The molecule has 1 heterocycles. The van der Waals surface area contributed by atoms with Crippen LogP contribution in [0.25, 0.3) is 0 Å². The number of carbonyl (C=O) groups excluding carboxylic acids is 2. The van der Waals surface area contributed by atoms with Crippen molar-refractivity contribution < 1.29 is 22.7 Å². The molecule has 0 bridgehead atoms. The Labute approximate surface area is 199 Å². The summed E-state index contributed by atoms with van der Waals surface area (Å²) in [5, 5.41) is 0.0871. The molecule has 2 amide bonds. The van der Waals surface area contributed by atoms with Gasteiger partial charge in [0.2, 0.25) is 5.91 Å². The maximum atomic E-state index is 13.8. The number of hydrogen-bond acceptors (Lipinski definition) is 5. The normalized spacial score (nSPS) is 20.1. The number of halogens is 1. The Morgan fingerprint density at radius 1 is 1.15 bits per heavy atom. The van der Waals surface area contributed by atoms with Crippen LogP contribution in [0.1, 0.15) is 49.1 Å². The van der Waals surface area contributed by atoms with E-state index in [1.165, 1.54) is 11.0 Å². The van der Waals surface area contributed by atoms with Crippen molar-refractivity contribution in [3.05, 3.63) is 64.7 Å². The number of nitrogens with zero attached hydrogens (tertiary/aromatic N) is 1. The van der Waals surface area contributed by atoms with Gasteiger partial charge in [-0.15, -0.1) is 0 Å². The molecule has 2 aromatic carbocycles. The minimum Gasteiger partial charge on any atom is -0.447 e. The number of imide groups is 1. The van der Waals surface area contributed by atoms with Crippen LogP contribution in [0.4, 0.5) is 4.79 Å². The van der Waals surface area contributed by atoms with E-state index in [4.69, 9.17) is 16.3 Å². The number of hydrogen-bond donors (Lipinski definition) is 0. The van der Waals surface area contributed by atoms with Gasteiger partial charge >= 0.3 is 6.09 Å². The molecule has 0 radical (unpaired) electrons. The second-order valence-electron chi connectivity index (χ2n) is 9.03. The quantitative estimate of drug-likeness (QED) is 0.546. The summed E-state index contributed by atoms with van der Waals surface area (Å²) in [6.45, 7) is 0.156. The lowest BCUT2D eigenvalue weighted by Crippen LogP contribution is -2.43. The lowest BCUT2D eigenvalue weighted by atomic mass is 9.86. The average molecular weight is 490 g/mol. The van der Waals surface area contributed by atoms with Gasteiger partial charge in [-0.1, -0.05) is 73.7 Å². The first-order chi connectivity index (χ1) is 15.7. The third kappa shape index (κ3) is 5.41. The van der Waals surface area contributed by atoms with Crippen LogP contribution in [-0.2, 0) is 25.8 Å². The minimum atomic E-state index is -3.49. The van der Waals surface area contributed by atoms with Gasteiger partial charge in [-0.05, 0) is 42.0 Å². The van der Waals surface area contributed by atoms with Gasteiger partial charge in [0.1, 0.15) is 6.61 Å². The highest BCUT2D eigenvalue weighted by Gasteiger charge is 2.42. The van der Waals surface area contributed by atoms with Crippen LogP contribution in [0.2, 0.25) is 5.02 Å². The van der Waals surface area contributed by atoms with Crippen molar-refractivity contribution in [2.24, 2.45) is 5.92 Å². The second-order valence-corrected chi connectivity index (χ2v) is 11.4. The summed E-state index contributed by atoms with van der Waals surface area (Å²) in [5.74, 6) is -0.532. The summed E-state index contributed by atoms with van der Waals surface area (Å²) in [7, 11) is -3.49. The lowest BCUT2D eigenvalue weighted by Gasteiger charge is -2.27. The Balaban J connectivity index is 1.65. The van der Waals surface area contributed by atoms with E-state index in [0.717, 1.165) is 37.5 Å². The van der Waals surface area contributed by atoms with Crippen LogP contribution in [-0.4, -0.2) is 44.2 Å². The molecule has 1 aliphatic carbocycles. The van der Waals surface area contributed by atoms with E-state index in [1.54, 1.807) is 12.1 Å². The highest BCUT2D eigenvalue weighted by Crippen LogP contribution is 2.38. The summed E-state index contributed by atoms with van der Waals surface area (Å²) >= 11 is 6.31. The highest BCUT2D eigenvalue weighted by atomic mass is 35.5. The van der Waals surface area contributed by atoms with Crippen molar-refractivity contribution in [2.45, 2.75) is 55.4 Å². The fourth-order valence-electron chi connectivity index (χ4n) is 4.93. The van der Waals surface area contributed by atoms with Crippen molar-refractivity contribution in [3.8, 4) is 0 Å². The Morgan fingerprint density at radius 2 is 1.85 bits per heavy atom. The standard InChI is InChI=1S/C25H28ClNO5S/c1-33(30,31)23-12-11-19(15-22(23)26)21(14-18-9-5-6-10-18)24(28)27-20(16-32-25(27)29)13-17-7-3-2-4-8-17/h2-4,7-8,11-12,15,18,20-21H,5-6,9-10,13-14,16H2,1H3. The highest BCUT2D eigenvalue weighted by molar-refractivity contribution is 7.90. The molecule has 8 heteroatoms. The lowest BCUT2D eigenvalue weighted by molar-refractivity contribution is -0.131. The minimum absolute atomic E-state index is 0.0301. The zero-order chi connectivity index (χ0) is 23.6. The first kappa shape index (κ1) is 23.8. The fraction of sp³-hybridized carbons (Fsp3) is 0.440. The fourth-order valence-corrected chi connectivity index (χ4v) is 6.27. The number of amides is 2. The van der Waals surface area contributed by atoms with Gasteiger partial charge in [-0.2, -0.15) is 0 Å². The van der Waals surface area contributed by atoms with Crippen molar-refractivity contribution >= 4 is 33.4 Å². The molecule has 176 valence electrons. The molecule has 1 saturated heterocycles. The van der Waals surface area contributed by atoms with Crippen molar-refractivity contribution in [1.29, 1.82) is 0 Å². The molecule has 1 saturated carbocycles. The second kappa shape index (κ2) is 9.85. The molecule has 2 atom stereocenters. The predicted octanol–water partition coefficient (Wildman–Crippen LogP) is 5.00. The van der Waals surface area contributed by atoms with Gasteiger partial charge in [0.15, 0.2) is 9.84 Å². The molecular formula is C25H28ClNO5S. The van der Waals surface area contributed by atoms with E-state index >= 15 is 0 Å². The van der Waals surface area contributed by atoms with Gasteiger partial charge < -0.3 is 4.74 Å². The van der Waals surface area contributed by atoms with E-state index in [-0.39, 0.29) is 28.5 Å². The summed E-state index contributed by atoms with van der Waals surface area (Å²) in [4.78, 5) is 27.7. The molecule has 2 aliphatic rings. The van der Waals surface area contributed by atoms with Crippen LogP contribution >= 0.6 is 11.6 Å². The van der Waals surface area contributed by atoms with Crippen molar-refractivity contribution in [1.82, 2.24) is 4.90 Å². The molecule has 6 nitrogen and oxygen atoms in total. The van der Waals surface area contributed by atoms with Crippen LogP contribution < -0.4 is 0 Å². The molecule has 1 aliphatic heterocycles. The molecule has 2 fully saturated rings. The first-order valence-corrected chi connectivity index (χ1v) is 13.5. The molecule has 0 spiro atoms. The number of ether oxygens (including phenoxy) is 1. The van der Waals surface area contributed by atoms with E-state index in [1.807, 2.05) is 30.3 Å². The summed E-state index contributed by atoms with van der Waals surface area (Å²) in [6, 6.07) is 14.0. The monoisotopic (exact) mass is 489 g/mol. The number of carbonyl (C=O) groups is 2. The number of cyclic esters (lactones) is 1. The number of rotatable bonds is 7. The first-order valence-electron chi connectivity index (χ1n) is 11.3. The molecular weight excluding hydrogens is 462 g/mol. The number of benzene rings is 2. The van der Waals surface area contributed by atoms with Crippen molar-refractivity contribution in [3.63, 3.8) is 0 Å². The smallest absolute Gasteiger partial charge is 0.417 e. The molecule has 4 rings (SSSR count). The van der Waals surface area contributed by atoms with E-state index in [0.29, 0.717) is 24.3 Å². The topological polar surface area (TPSA) is 80.8 Å². The van der Waals surface area contributed by atoms with E-state index in [2.05, 4.69) is 0 Å². The molecule has 0 aromatic heterocycles. The molecule has 33 heavy (non-hydrogen) atoms. The maximum Gasteiger partial charge on any atom is 0.417 e. The Kier molecular flexibility index (Phi) is 7.10. The summed E-state index contributed by atoms with van der Waals surface area (Å²) in [5.41, 5.74) is 1.65. The molecule has 2 aromatic rings. The van der Waals surface area contributed by atoms with Crippen LogP contribution in [0.5, 0.6) is 0 Å². The summed E-state index contributed by atoms with van der Waals surface area (Å²) in [6.07, 6.45) is 5.91. The van der Waals surface area contributed by atoms with Crippen LogP contribution in [0.3, 0.4) is 0 Å². The Bertz CT molecular complexity index is 1130. The zero-order valence-electron chi connectivity index (χ0n) is 18.6. The van der Waals surface area contributed by atoms with Crippen LogP contribution in [0, 0.1) is 5.92 Å². The third-order valence-electron chi connectivity index (χ3n) is 6.61.